The lowest BCUT2D eigenvalue weighted by Gasteiger charge is -2.27. The van der Waals surface area contributed by atoms with Crippen LogP contribution in [-0.2, 0) is 15.4 Å². The minimum Gasteiger partial charge on any atom is -0.311 e. The van der Waals surface area contributed by atoms with Gasteiger partial charge in [-0.15, -0.1) is 0 Å². The summed E-state index contributed by atoms with van der Waals surface area (Å²) in [5, 5.41) is 3.33. The monoisotopic (exact) mass is 294 g/mol. The Hall–Kier alpha value is -0.910. The van der Waals surface area contributed by atoms with E-state index < -0.39 is 10.0 Å². The van der Waals surface area contributed by atoms with Gasteiger partial charge in [0.15, 0.2) is 0 Å². The molecule has 2 saturated heterocycles. The van der Waals surface area contributed by atoms with Crippen LogP contribution in [0.5, 0.6) is 0 Å². The summed E-state index contributed by atoms with van der Waals surface area (Å²) in [6.45, 7) is 7.77. The molecule has 5 heteroatoms. The fraction of sp³-hybridized carbons (Fsp3) is 0.600. The number of sulfonamides is 1. The molecule has 4 nitrogen and oxygen atoms in total. The molecule has 1 N–H and O–H groups in total. The van der Waals surface area contributed by atoms with E-state index in [1.807, 2.05) is 12.1 Å². The van der Waals surface area contributed by atoms with E-state index in [-0.39, 0.29) is 11.5 Å². The number of fused-ring (bicyclic) bond motifs is 2. The van der Waals surface area contributed by atoms with E-state index in [2.05, 4.69) is 26.1 Å². The van der Waals surface area contributed by atoms with Crippen LogP contribution in [0.15, 0.2) is 29.2 Å². The first kappa shape index (κ1) is 14.0. The van der Waals surface area contributed by atoms with Crippen LogP contribution in [0.1, 0.15) is 32.8 Å². The van der Waals surface area contributed by atoms with Gasteiger partial charge in [0.1, 0.15) is 0 Å². The molecule has 110 valence electrons. The van der Waals surface area contributed by atoms with Crippen molar-refractivity contribution in [2.45, 2.75) is 49.6 Å². The van der Waals surface area contributed by atoms with Crippen molar-refractivity contribution in [1.29, 1.82) is 0 Å². The highest BCUT2D eigenvalue weighted by Crippen LogP contribution is 2.30. The first-order valence-electron chi connectivity index (χ1n) is 7.14. The summed E-state index contributed by atoms with van der Waals surface area (Å²) in [6, 6.07) is 7.82. The molecule has 2 heterocycles. The Kier molecular flexibility index (Phi) is 3.19. The lowest BCUT2D eigenvalue weighted by atomic mass is 9.87. The molecule has 0 amide bonds. The third kappa shape index (κ3) is 2.28. The number of piperazine rings is 1. The predicted molar refractivity (Wildman–Crippen MR) is 79.2 cm³/mol. The first-order chi connectivity index (χ1) is 9.28. The maximum absolute atomic E-state index is 12.7. The zero-order chi connectivity index (χ0) is 14.5. The Morgan fingerprint density at radius 1 is 1.20 bits per heavy atom. The van der Waals surface area contributed by atoms with E-state index in [0.29, 0.717) is 17.5 Å². The highest BCUT2D eigenvalue weighted by molar-refractivity contribution is 7.89. The smallest absolute Gasteiger partial charge is 0.243 e. The molecule has 3 rings (SSSR count). The molecule has 2 aliphatic heterocycles. The van der Waals surface area contributed by atoms with Crippen LogP contribution in [0.25, 0.3) is 0 Å². The van der Waals surface area contributed by atoms with E-state index in [9.17, 15) is 8.42 Å². The first-order valence-corrected chi connectivity index (χ1v) is 8.58. The van der Waals surface area contributed by atoms with Crippen molar-refractivity contribution in [2.24, 2.45) is 0 Å². The van der Waals surface area contributed by atoms with Gasteiger partial charge in [-0.05, 0) is 29.5 Å². The van der Waals surface area contributed by atoms with Gasteiger partial charge in [0.2, 0.25) is 10.0 Å². The van der Waals surface area contributed by atoms with Gasteiger partial charge in [-0.25, -0.2) is 8.42 Å². The summed E-state index contributed by atoms with van der Waals surface area (Å²) in [5.41, 5.74) is 1.19. The minimum atomic E-state index is -3.34. The summed E-state index contributed by atoms with van der Waals surface area (Å²) in [7, 11) is -3.34. The Labute approximate surface area is 121 Å². The Morgan fingerprint density at radius 2 is 1.85 bits per heavy atom. The number of nitrogens with zero attached hydrogens (tertiary/aromatic N) is 1. The van der Waals surface area contributed by atoms with Crippen molar-refractivity contribution < 1.29 is 8.42 Å². The molecule has 0 saturated carbocycles. The van der Waals surface area contributed by atoms with Crippen LogP contribution >= 0.6 is 0 Å². The molecule has 0 radical (unpaired) electrons. The third-order valence-corrected chi connectivity index (χ3v) is 6.27. The van der Waals surface area contributed by atoms with Crippen molar-refractivity contribution in [3.63, 3.8) is 0 Å². The van der Waals surface area contributed by atoms with Gasteiger partial charge in [0.25, 0.3) is 0 Å². The molecule has 2 bridgehead atoms. The van der Waals surface area contributed by atoms with Crippen molar-refractivity contribution in [1.82, 2.24) is 9.62 Å². The van der Waals surface area contributed by atoms with Crippen LogP contribution < -0.4 is 5.32 Å². The highest BCUT2D eigenvalue weighted by Gasteiger charge is 2.44. The van der Waals surface area contributed by atoms with Gasteiger partial charge in [0.05, 0.1) is 4.90 Å². The molecule has 0 spiro atoms. The second-order valence-corrected chi connectivity index (χ2v) is 8.73. The second kappa shape index (κ2) is 4.55. The van der Waals surface area contributed by atoms with E-state index in [4.69, 9.17) is 0 Å². The van der Waals surface area contributed by atoms with Gasteiger partial charge >= 0.3 is 0 Å². The Balaban J connectivity index is 1.88. The second-order valence-electron chi connectivity index (χ2n) is 6.84. The molecule has 20 heavy (non-hydrogen) atoms. The van der Waals surface area contributed by atoms with Gasteiger partial charge in [-0.2, -0.15) is 4.31 Å². The quantitative estimate of drug-likeness (QED) is 0.903. The molecular formula is C15H22N2O2S. The largest absolute Gasteiger partial charge is 0.311 e. The number of benzene rings is 1. The van der Waals surface area contributed by atoms with Crippen LogP contribution in [0.4, 0.5) is 0 Å². The van der Waals surface area contributed by atoms with Gasteiger partial charge in [-0.1, -0.05) is 32.9 Å². The minimum absolute atomic E-state index is 0.0406. The summed E-state index contributed by atoms with van der Waals surface area (Å²) in [4.78, 5) is 0.415. The molecule has 2 fully saturated rings. The molecule has 1 aromatic rings. The van der Waals surface area contributed by atoms with Crippen molar-refractivity contribution in [2.75, 3.05) is 13.1 Å². The molecule has 2 aliphatic rings. The summed E-state index contributed by atoms with van der Waals surface area (Å²) in [6.07, 6.45) is 0.944. The average molecular weight is 294 g/mol. The third-order valence-electron chi connectivity index (χ3n) is 4.33. The number of nitrogens with one attached hydrogen (secondary N) is 1. The lowest BCUT2D eigenvalue weighted by molar-refractivity contribution is 0.349. The summed E-state index contributed by atoms with van der Waals surface area (Å²) in [5.74, 6) is 0. The Morgan fingerprint density at radius 3 is 2.30 bits per heavy atom. The van der Waals surface area contributed by atoms with Gasteiger partial charge in [-0.3, -0.25) is 0 Å². The maximum Gasteiger partial charge on any atom is 0.243 e. The molecule has 1 unspecified atom stereocenters. The van der Waals surface area contributed by atoms with Crippen LogP contribution in [0, 0.1) is 0 Å². The van der Waals surface area contributed by atoms with Crippen molar-refractivity contribution >= 4 is 10.0 Å². The molecule has 2 atom stereocenters. The summed E-state index contributed by atoms with van der Waals surface area (Å²) >= 11 is 0. The standard InChI is InChI=1S/C15H22N2O2S/c1-15(2,3)11-4-6-14(7-5-11)20(18,19)17-10-12-8-13(17)9-16-12/h4-7,12-13,16H,8-10H2,1-3H3/t12?,13-/m0/s1. The zero-order valence-electron chi connectivity index (χ0n) is 12.3. The van der Waals surface area contributed by atoms with Crippen LogP contribution in [-0.4, -0.2) is 37.9 Å². The highest BCUT2D eigenvalue weighted by atomic mass is 32.2. The maximum atomic E-state index is 12.7. The lowest BCUT2D eigenvalue weighted by Crippen LogP contribution is -2.46. The fourth-order valence-electron chi connectivity index (χ4n) is 3.08. The van der Waals surface area contributed by atoms with Crippen molar-refractivity contribution in [3.8, 4) is 0 Å². The normalized spacial score (nSPS) is 27.1. The van der Waals surface area contributed by atoms with E-state index >= 15 is 0 Å². The molecule has 0 aliphatic carbocycles. The van der Waals surface area contributed by atoms with Gasteiger partial charge in [0, 0.05) is 25.2 Å². The van der Waals surface area contributed by atoms with E-state index in [1.165, 1.54) is 0 Å². The summed E-state index contributed by atoms with van der Waals surface area (Å²) < 4.78 is 27.0. The Bertz CT molecular complexity index is 602. The van der Waals surface area contributed by atoms with E-state index in [0.717, 1.165) is 18.5 Å². The number of rotatable bonds is 2. The molecule has 1 aromatic carbocycles. The SMILES string of the molecule is CC(C)(C)c1ccc(S(=O)(=O)N2CC3C[C@H]2CN3)cc1. The number of hydrogen-bond donors (Lipinski definition) is 1. The molecule has 0 aromatic heterocycles. The van der Waals surface area contributed by atoms with Crippen LogP contribution in [0.3, 0.4) is 0 Å². The predicted octanol–water partition coefficient (Wildman–Crippen LogP) is 1.72. The van der Waals surface area contributed by atoms with Crippen LogP contribution in [0.2, 0.25) is 0 Å². The van der Waals surface area contributed by atoms with Crippen molar-refractivity contribution in [3.05, 3.63) is 29.8 Å². The molecular weight excluding hydrogens is 272 g/mol. The topological polar surface area (TPSA) is 49.4 Å². The average Bonchev–Trinajstić information content (AvgIpc) is 3.00. The number of hydrogen-bond acceptors (Lipinski definition) is 3. The van der Waals surface area contributed by atoms with E-state index in [1.54, 1.807) is 16.4 Å². The fourth-order valence-corrected chi connectivity index (χ4v) is 4.76. The zero-order valence-corrected chi connectivity index (χ0v) is 13.1. The van der Waals surface area contributed by atoms with Gasteiger partial charge < -0.3 is 5.32 Å².